The van der Waals surface area contributed by atoms with Crippen LogP contribution in [0.4, 0.5) is 0 Å². The lowest BCUT2D eigenvalue weighted by molar-refractivity contribution is -0.917. The molecule has 2 aromatic rings. The summed E-state index contributed by atoms with van der Waals surface area (Å²) < 4.78 is 29.3. The van der Waals surface area contributed by atoms with Crippen molar-refractivity contribution in [1.29, 1.82) is 0 Å². The van der Waals surface area contributed by atoms with Gasteiger partial charge >= 0.3 is 0 Å². The zero-order valence-electron chi connectivity index (χ0n) is 18.3. The minimum absolute atomic E-state index is 0.352. The Labute approximate surface area is 170 Å². The number of benzene rings is 1. The highest BCUT2D eigenvalue weighted by Gasteiger charge is 2.29. The Morgan fingerprint density at radius 3 is 2.18 bits per heavy atom. The molecule has 1 N–H and O–H groups in total. The van der Waals surface area contributed by atoms with Crippen LogP contribution in [0.3, 0.4) is 0 Å². The highest BCUT2D eigenvalue weighted by molar-refractivity contribution is 7.89. The van der Waals surface area contributed by atoms with Gasteiger partial charge in [-0.25, -0.2) is 13.1 Å². The van der Waals surface area contributed by atoms with Crippen LogP contribution in [-0.4, -0.2) is 42.6 Å². The molecule has 0 saturated carbocycles. The van der Waals surface area contributed by atoms with Crippen LogP contribution in [0.15, 0.2) is 29.2 Å². The SMILES string of the molecule is CCN(CC)S(=O)(=O)c1c(C)nn(C[NH+](C)Cc2ccc(C(C)C)cc2)c1C. The molecule has 0 aliphatic rings. The van der Waals surface area contributed by atoms with E-state index in [2.05, 4.69) is 50.3 Å². The van der Waals surface area contributed by atoms with Gasteiger partial charge in [0, 0.05) is 18.7 Å². The average Bonchev–Trinajstić information content (AvgIpc) is 2.90. The fraction of sp³-hybridized carbons (Fsp3) is 0.571. The quantitative estimate of drug-likeness (QED) is 0.694. The largest absolute Gasteiger partial charge is 0.315 e. The normalized spacial score (nSPS) is 13.5. The Balaban J connectivity index is 2.18. The molecule has 0 fully saturated rings. The van der Waals surface area contributed by atoms with Gasteiger partial charge in [-0.2, -0.15) is 9.40 Å². The minimum Gasteiger partial charge on any atom is -0.315 e. The van der Waals surface area contributed by atoms with Crippen molar-refractivity contribution < 1.29 is 13.3 Å². The van der Waals surface area contributed by atoms with Crippen LogP contribution in [0, 0.1) is 13.8 Å². The van der Waals surface area contributed by atoms with Gasteiger partial charge in [0.1, 0.15) is 11.4 Å². The molecule has 2 rings (SSSR count). The van der Waals surface area contributed by atoms with Gasteiger partial charge in [0.05, 0.1) is 18.4 Å². The van der Waals surface area contributed by atoms with Crippen molar-refractivity contribution in [3.63, 3.8) is 0 Å². The van der Waals surface area contributed by atoms with Crippen molar-refractivity contribution in [1.82, 2.24) is 14.1 Å². The first-order valence-electron chi connectivity index (χ1n) is 10.1. The number of nitrogens with zero attached hydrogens (tertiary/aromatic N) is 3. The predicted octanol–water partition coefficient (Wildman–Crippen LogP) is 2.33. The molecule has 28 heavy (non-hydrogen) atoms. The van der Waals surface area contributed by atoms with E-state index < -0.39 is 10.0 Å². The van der Waals surface area contributed by atoms with E-state index in [1.54, 1.807) is 6.92 Å². The Bertz CT molecular complexity index is 882. The highest BCUT2D eigenvalue weighted by atomic mass is 32.2. The van der Waals surface area contributed by atoms with Gasteiger partial charge in [0.15, 0.2) is 6.67 Å². The molecule has 0 spiro atoms. The summed E-state index contributed by atoms with van der Waals surface area (Å²) in [5, 5.41) is 4.54. The molecule has 6 nitrogen and oxygen atoms in total. The molecular formula is C21H35N4O2S+. The van der Waals surface area contributed by atoms with Gasteiger partial charge in [-0.05, 0) is 25.3 Å². The van der Waals surface area contributed by atoms with Crippen molar-refractivity contribution in [3.8, 4) is 0 Å². The summed E-state index contributed by atoms with van der Waals surface area (Å²) in [4.78, 5) is 1.60. The van der Waals surface area contributed by atoms with Gasteiger partial charge in [-0.15, -0.1) is 0 Å². The summed E-state index contributed by atoms with van der Waals surface area (Å²) in [6.07, 6.45) is 0. The predicted molar refractivity (Wildman–Crippen MR) is 113 cm³/mol. The maximum atomic E-state index is 13.0. The number of quaternary nitrogens is 1. The zero-order chi connectivity index (χ0) is 21.1. The van der Waals surface area contributed by atoms with Crippen LogP contribution >= 0.6 is 0 Å². The molecule has 1 unspecified atom stereocenters. The molecule has 0 amide bonds. The first-order chi connectivity index (χ1) is 13.1. The maximum absolute atomic E-state index is 13.0. The van der Waals surface area contributed by atoms with E-state index in [1.807, 2.05) is 25.5 Å². The van der Waals surface area contributed by atoms with Crippen molar-refractivity contribution in [2.75, 3.05) is 20.1 Å². The van der Waals surface area contributed by atoms with Crippen molar-refractivity contribution in [3.05, 3.63) is 46.8 Å². The van der Waals surface area contributed by atoms with Crippen molar-refractivity contribution >= 4 is 10.0 Å². The van der Waals surface area contributed by atoms with E-state index in [1.165, 1.54) is 20.3 Å². The van der Waals surface area contributed by atoms with Gasteiger partial charge in [-0.3, -0.25) is 0 Å². The van der Waals surface area contributed by atoms with E-state index >= 15 is 0 Å². The van der Waals surface area contributed by atoms with Crippen molar-refractivity contribution in [2.45, 2.75) is 65.6 Å². The Morgan fingerprint density at radius 1 is 1.11 bits per heavy atom. The van der Waals surface area contributed by atoms with E-state index in [4.69, 9.17) is 0 Å². The van der Waals surface area contributed by atoms with Crippen LogP contribution in [0.5, 0.6) is 0 Å². The molecule has 0 aliphatic heterocycles. The van der Waals surface area contributed by atoms with Gasteiger partial charge in [-0.1, -0.05) is 52.0 Å². The molecule has 1 heterocycles. The first kappa shape index (κ1) is 22.6. The number of hydrogen-bond acceptors (Lipinski definition) is 3. The lowest BCUT2D eigenvalue weighted by atomic mass is 10.0. The minimum atomic E-state index is -3.51. The smallest absolute Gasteiger partial charge is 0.246 e. The molecular weight excluding hydrogens is 372 g/mol. The summed E-state index contributed by atoms with van der Waals surface area (Å²) >= 11 is 0. The highest BCUT2D eigenvalue weighted by Crippen LogP contribution is 2.23. The van der Waals surface area contributed by atoms with Crippen LogP contribution in [0.1, 0.15) is 56.1 Å². The number of aryl methyl sites for hydroxylation is 1. The van der Waals surface area contributed by atoms with Crippen LogP contribution < -0.4 is 4.90 Å². The summed E-state index contributed by atoms with van der Waals surface area (Å²) in [6, 6.07) is 8.73. The topological polar surface area (TPSA) is 59.6 Å². The van der Waals surface area contributed by atoms with Gasteiger partial charge in [0.25, 0.3) is 0 Å². The van der Waals surface area contributed by atoms with Crippen LogP contribution in [-0.2, 0) is 23.2 Å². The standard InChI is InChI=1S/C21H34N4O2S/c1-8-24(9-2)28(26,27)21-17(5)22-25(18(21)6)15-23(7)14-19-10-12-20(13-11-19)16(3)4/h10-13,16H,8-9,14-15H2,1-7H3/p+1. The van der Waals surface area contributed by atoms with Crippen LogP contribution in [0.2, 0.25) is 0 Å². The van der Waals surface area contributed by atoms with Crippen LogP contribution in [0.25, 0.3) is 0 Å². The Kier molecular flexibility index (Phi) is 7.42. The molecule has 0 aliphatic carbocycles. The first-order valence-corrected chi connectivity index (χ1v) is 11.5. The Morgan fingerprint density at radius 2 is 1.68 bits per heavy atom. The van der Waals surface area contributed by atoms with Crippen molar-refractivity contribution in [2.24, 2.45) is 0 Å². The summed E-state index contributed by atoms with van der Waals surface area (Å²) in [6.45, 7) is 14.1. The maximum Gasteiger partial charge on any atom is 0.246 e. The number of nitrogens with one attached hydrogen (secondary N) is 1. The summed E-state index contributed by atoms with van der Waals surface area (Å²) in [5.41, 5.74) is 3.88. The van der Waals surface area contributed by atoms with E-state index in [0.29, 0.717) is 42.0 Å². The fourth-order valence-corrected chi connectivity index (χ4v) is 5.41. The van der Waals surface area contributed by atoms with E-state index in [0.717, 1.165) is 6.54 Å². The van der Waals surface area contributed by atoms with E-state index in [9.17, 15) is 8.42 Å². The fourth-order valence-electron chi connectivity index (χ4n) is 3.58. The molecule has 0 saturated heterocycles. The molecule has 7 heteroatoms. The van der Waals surface area contributed by atoms with Gasteiger partial charge in [0.2, 0.25) is 10.0 Å². The summed E-state index contributed by atoms with van der Waals surface area (Å²) in [7, 11) is -1.41. The van der Waals surface area contributed by atoms with E-state index in [-0.39, 0.29) is 0 Å². The monoisotopic (exact) mass is 407 g/mol. The second-order valence-corrected chi connectivity index (χ2v) is 9.65. The van der Waals surface area contributed by atoms with Gasteiger partial charge < -0.3 is 4.90 Å². The second-order valence-electron chi connectivity index (χ2n) is 7.78. The molecule has 156 valence electrons. The summed E-state index contributed by atoms with van der Waals surface area (Å²) in [5.74, 6) is 0.528. The third-order valence-electron chi connectivity index (χ3n) is 5.19. The third-order valence-corrected chi connectivity index (χ3v) is 7.49. The average molecular weight is 408 g/mol. The zero-order valence-corrected chi connectivity index (χ0v) is 19.1. The number of aromatic nitrogens is 2. The molecule has 1 aromatic carbocycles. The third kappa shape index (κ3) is 4.82. The molecule has 1 aromatic heterocycles. The number of hydrogen-bond donors (Lipinski definition) is 1. The molecule has 0 radical (unpaired) electrons. The lowest BCUT2D eigenvalue weighted by Gasteiger charge is -2.19. The number of rotatable bonds is 9. The molecule has 0 bridgehead atoms. The number of sulfonamides is 1. The molecule has 1 atom stereocenters. The Hall–Kier alpha value is -1.70. The lowest BCUT2D eigenvalue weighted by Crippen LogP contribution is -3.07. The second kappa shape index (κ2) is 9.20.